The van der Waals surface area contributed by atoms with E-state index >= 15 is 0 Å². The standard InChI is InChI=1S/C33H35N3O2S/c1-23(2)25-13-15-26(16-14-25)28-10-6-7-11-29(28)34-32(38)30-22-39-33(35-30)27-18-20-36(21-19-27)31(37)17-12-24-8-4-3-5-9-24/h3-11,13-16,22-23,27H,12,17-21H2,1-2H3,(H,34,38). The summed E-state index contributed by atoms with van der Waals surface area (Å²) >= 11 is 1.54. The van der Waals surface area contributed by atoms with Crippen molar-refractivity contribution >= 4 is 28.8 Å². The highest BCUT2D eigenvalue weighted by Crippen LogP contribution is 2.32. The molecule has 6 heteroatoms. The summed E-state index contributed by atoms with van der Waals surface area (Å²) in [4.78, 5) is 32.6. The summed E-state index contributed by atoms with van der Waals surface area (Å²) in [6.07, 6.45) is 3.07. The number of nitrogens with zero attached hydrogens (tertiary/aromatic N) is 2. The van der Waals surface area contributed by atoms with E-state index in [0.29, 0.717) is 18.0 Å². The molecule has 2 heterocycles. The van der Waals surface area contributed by atoms with Gasteiger partial charge < -0.3 is 10.2 Å². The van der Waals surface area contributed by atoms with Gasteiger partial charge in [0, 0.05) is 42.1 Å². The fraction of sp³-hybridized carbons (Fsp3) is 0.303. The Hall–Kier alpha value is -3.77. The highest BCUT2D eigenvalue weighted by molar-refractivity contribution is 7.10. The number of rotatable bonds is 8. The number of carbonyl (C=O) groups is 2. The number of carbonyl (C=O) groups excluding carboxylic acids is 2. The second-order valence-electron chi connectivity index (χ2n) is 10.5. The average Bonchev–Trinajstić information content (AvgIpc) is 3.48. The summed E-state index contributed by atoms with van der Waals surface area (Å²) in [6.45, 7) is 5.84. The van der Waals surface area contributed by atoms with Crippen LogP contribution in [0.4, 0.5) is 5.69 Å². The number of hydrogen-bond acceptors (Lipinski definition) is 4. The lowest BCUT2D eigenvalue weighted by atomic mass is 9.97. The van der Waals surface area contributed by atoms with Gasteiger partial charge in [-0.2, -0.15) is 0 Å². The average molecular weight is 538 g/mol. The quantitative estimate of drug-likeness (QED) is 0.253. The minimum atomic E-state index is -0.197. The Morgan fingerprint density at radius 2 is 1.64 bits per heavy atom. The summed E-state index contributed by atoms with van der Waals surface area (Å²) in [5.74, 6) is 0.771. The molecule has 1 aliphatic heterocycles. The van der Waals surface area contributed by atoms with Gasteiger partial charge in [0.1, 0.15) is 5.69 Å². The number of benzene rings is 3. The molecule has 0 unspecified atom stereocenters. The first-order chi connectivity index (χ1) is 19.0. The summed E-state index contributed by atoms with van der Waals surface area (Å²) in [7, 11) is 0. The van der Waals surface area contributed by atoms with Crippen LogP contribution in [0.15, 0.2) is 84.2 Å². The summed E-state index contributed by atoms with van der Waals surface area (Å²) < 4.78 is 0. The molecule has 39 heavy (non-hydrogen) atoms. The van der Waals surface area contributed by atoms with Crippen molar-refractivity contribution in [1.82, 2.24) is 9.88 Å². The first-order valence-electron chi connectivity index (χ1n) is 13.8. The van der Waals surface area contributed by atoms with E-state index in [1.807, 2.05) is 52.7 Å². The highest BCUT2D eigenvalue weighted by atomic mass is 32.1. The number of para-hydroxylation sites is 1. The lowest BCUT2D eigenvalue weighted by molar-refractivity contribution is -0.132. The zero-order valence-electron chi connectivity index (χ0n) is 22.6. The molecular formula is C33H35N3O2S. The van der Waals surface area contributed by atoms with Crippen LogP contribution in [-0.4, -0.2) is 34.8 Å². The largest absolute Gasteiger partial charge is 0.343 e. The molecule has 4 aromatic rings. The second kappa shape index (κ2) is 12.4. The van der Waals surface area contributed by atoms with Crippen LogP contribution < -0.4 is 5.32 Å². The van der Waals surface area contributed by atoms with Gasteiger partial charge in [-0.25, -0.2) is 4.98 Å². The fourth-order valence-electron chi connectivity index (χ4n) is 5.09. The Labute approximate surface area is 234 Å². The van der Waals surface area contributed by atoms with Crippen LogP contribution in [0.5, 0.6) is 0 Å². The van der Waals surface area contributed by atoms with Crippen molar-refractivity contribution in [3.63, 3.8) is 0 Å². The SMILES string of the molecule is CC(C)c1ccc(-c2ccccc2NC(=O)c2csc(C3CCN(C(=O)CCc4ccccc4)CC3)n2)cc1. The van der Waals surface area contributed by atoms with E-state index in [4.69, 9.17) is 4.98 Å². The molecule has 0 saturated carbocycles. The fourth-order valence-corrected chi connectivity index (χ4v) is 6.06. The van der Waals surface area contributed by atoms with E-state index < -0.39 is 0 Å². The topological polar surface area (TPSA) is 62.3 Å². The van der Waals surface area contributed by atoms with Gasteiger partial charge in [-0.1, -0.05) is 86.6 Å². The zero-order valence-corrected chi connectivity index (χ0v) is 23.4. The lowest BCUT2D eigenvalue weighted by Crippen LogP contribution is -2.38. The number of thiazole rings is 1. The third kappa shape index (κ3) is 6.63. The number of amides is 2. The minimum absolute atomic E-state index is 0.197. The molecule has 200 valence electrons. The van der Waals surface area contributed by atoms with Crippen LogP contribution in [0.2, 0.25) is 0 Å². The number of likely N-dealkylation sites (tertiary alicyclic amines) is 1. The maximum absolute atomic E-state index is 13.1. The van der Waals surface area contributed by atoms with Gasteiger partial charge in [0.2, 0.25) is 5.91 Å². The number of piperidine rings is 1. The van der Waals surface area contributed by atoms with E-state index in [0.717, 1.165) is 54.2 Å². The van der Waals surface area contributed by atoms with E-state index in [1.165, 1.54) is 11.1 Å². The third-order valence-corrected chi connectivity index (χ3v) is 8.49. The molecule has 3 aromatic carbocycles. The first-order valence-corrected chi connectivity index (χ1v) is 14.6. The molecule has 1 aliphatic rings. The molecule has 1 aromatic heterocycles. The number of aromatic nitrogens is 1. The van der Waals surface area contributed by atoms with Crippen LogP contribution in [0.1, 0.15) is 71.6 Å². The van der Waals surface area contributed by atoms with Gasteiger partial charge in [0.15, 0.2) is 0 Å². The minimum Gasteiger partial charge on any atom is -0.343 e. The van der Waals surface area contributed by atoms with Gasteiger partial charge in [0.25, 0.3) is 5.91 Å². The normalized spacial score (nSPS) is 14.0. The van der Waals surface area contributed by atoms with Gasteiger partial charge in [0.05, 0.1) is 5.01 Å². The van der Waals surface area contributed by atoms with Crippen molar-refractivity contribution < 1.29 is 9.59 Å². The number of aryl methyl sites for hydroxylation is 1. The Kier molecular flexibility index (Phi) is 8.52. The predicted octanol–water partition coefficient (Wildman–Crippen LogP) is 7.52. The molecular weight excluding hydrogens is 502 g/mol. The van der Waals surface area contributed by atoms with Crippen molar-refractivity contribution in [3.8, 4) is 11.1 Å². The molecule has 1 fully saturated rings. The van der Waals surface area contributed by atoms with Crippen molar-refractivity contribution in [1.29, 1.82) is 0 Å². The van der Waals surface area contributed by atoms with Crippen LogP contribution in [0.25, 0.3) is 11.1 Å². The Bertz CT molecular complexity index is 1400. The molecule has 5 nitrogen and oxygen atoms in total. The molecule has 0 bridgehead atoms. The van der Waals surface area contributed by atoms with Gasteiger partial charge in [-0.15, -0.1) is 11.3 Å². The maximum atomic E-state index is 13.1. The Morgan fingerprint density at radius 1 is 0.949 bits per heavy atom. The summed E-state index contributed by atoms with van der Waals surface area (Å²) in [6, 6.07) is 26.6. The lowest BCUT2D eigenvalue weighted by Gasteiger charge is -2.31. The molecule has 1 saturated heterocycles. The predicted molar refractivity (Wildman–Crippen MR) is 159 cm³/mol. The van der Waals surface area contributed by atoms with E-state index in [-0.39, 0.29) is 17.7 Å². The second-order valence-corrected chi connectivity index (χ2v) is 11.4. The Morgan fingerprint density at radius 3 is 2.36 bits per heavy atom. The number of anilines is 1. The van der Waals surface area contributed by atoms with Crippen molar-refractivity contribution in [2.75, 3.05) is 18.4 Å². The maximum Gasteiger partial charge on any atom is 0.275 e. The van der Waals surface area contributed by atoms with Crippen molar-refractivity contribution in [3.05, 3.63) is 106 Å². The van der Waals surface area contributed by atoms with E-state index in [1.54, 1.807) is 11.3 Å². The number of hydrogen-bond donors (Lipinski definition) is 1. The van der Waals surface area contributed by atoms with Crippen LogP contribution in [-0.2, 0) is 11.2 Å². The van der Waals surface area contributed by atoms with Gasteiger partial charge in [-0.05, 0) is 47.9 Å². The van der Waals surface area contributed by atoms with Crippen LogP contribution >= 0.6 is 11.3 Å². The molecule has 0 spiro atoms. The summed E-state index contributed by atoms with van der Waals surface area (Å²) in [5.41, 5.74) is 5.76. The summed E-state index contributed by atoms with van der Waals surface area (Å²) in [5, 5.41) is 5.91. The van der Waals surface area contributed by atoms with Crippen molar-refractivity contribution in [2.45, 2.75) is 51.4 Å². The molecule has 0 atom stereocenters. The van der Waals surface area contributed by atoms with E-state index in [2.05, 4.69) is 55.6 Å². The van der Waals surface area contributed by atoms with Gasteiger partial charge >= 0.3 is 0 Å². The highest BCUT2D eigenvalue weighted by Gasteiger charge is 2.26. The molecule has 0 radical (unpaired) electrons. The van der Waals surface area contributed by atoms with E-state index in [9.17, 15) is 9.59 Å². The number of nitrogens with one attached hydrogen (secondary N) is 1. The third-order valence-electron chi connectivity index (χ3n) is 7.49. The van der Waals surface area contributed by atoms with Crippen LogP contribution in [0, 0.1) is 0 Å². The van der Waals surface area contributed by atoms with Crippen molar-refractivity contribution in [2.24, 2.45) is 0 Å². The molecule has 2 amide bonds. The van der Waals surface area contributed by atoms with Crippen LogP contribution in [0.3, 0.4) is 0 Å². The monoisotopic (exact) mass is 537 g/mol. The zero-order chi connectivity index (χ0) is 27.2. The molecule has 0 aliphatic carbocycles. The smallest absolute Gasteiger partial charge is 0.275 e. The molecule has 1 N–H and O–H groups in total. The van der Waals surface area contributed by atoms with Gasteiger partial charge in [-0.3, -0.25) is 9.59 Å². The molecule has 5 rings (SSSR count). The first kappa shape index (κ1) is 26.8. The Balaban J connectivity index is 1.17.